The van der Waals surface area contributed by atoms with Crippen LogP contribution >= 0.6 is 0 Å². The van der Waals surface area contributed by atoms with Gasteiger partial charge in [0, 0.05) is 40.5 Å². The van der Waals surface area contributed by atoms with Crippen LogP contribution in [0.3, 0.4) is 0 Å². The predicted molar refractivity (Wildman–Crippen MR) is 270 cm³/mol. The van der Waals surface area contributed by atoms with Crippen molar-refractivity contribution in [1.82, 2.24) is 15.0 Å². The second-order valence-electron chi connectivity index (χ2n) is 17.0. The minimum Gasteiger partial charge on any atom is -0.500 e. The van der Waals surface area contributed by atoms with Crippen molar-refractivity contribution >= 4 is 21.9 Å². The van der Waals surface area contributed by atoms with Crippen molar-refractivity contribution in [3.8, 4) is 51.0 Å². The van der Waals surface area contributed by atoms with Crippen LogP contribution in [0, 0.1) is 29.5 Å². The molecule has 332 valence electrons. The van der Waals surface area contributed by atoms with Crippen LogP contribution in [-0.4, -0.2) is 15.0 Å². The minimum absolute atomic E-state index is 0. The molecule has 0 spiro atoms. The van der Waals surface area contributed by atoms with Crippen LogP contribution in [0.25, 0.3) is 66.8 Å². The third-order valence-corrected chi connectivity index (χ3v) is 11.5. The quantitative estimate of drug-likeness (QED) is 0.108. The Labute approximate surface area is 432 Å². The van der Waals surface area contributed by atoms with Gasteiger partial charge in [0.15, 0.2) is 0 Å². The number of aromatic nitrogens is 3. The van der Waals surface area contributed by atoms with Gasteiger partial charge in [-0.15, -0.1) is 90.0 Å². The van der Waals surface area contributed by atoms with Crippen molar-refractivity contribution in [1.29, 1.82) is 5.26 Å². The molecule has 0 amide bonds. The maximum Gasteiger partial charge on any atom is 3.00 e. The Kier molecular flexibility index (Phi) is 9.08. The molecule has 10 aromatic rings. The van der Waals surface area contributed by atoms with Crippen molar-refractivity contribution < 1.29 is 43.7 Å². The van der Waals surface area contributed by atoms with Crippen molar-refractivity contribution in [3.05, 3.63) is 233 Å². The van der Waals surface area contributed by atoms with E-state index in [9.17, 15) is 16.2 Å². The van der Waals surface area contributed by atoms with Crippen LogP contribution in [0.5, 0.6) is 0 Å². The van der Waals surface area contributed by atoms with Crippen molar-refractivity contribution in [3.63, 3.8) is 0 Å². The maximum atomic E-state index is 10.3. The fourth-order valence-corrected chi connectivity index (χ4v) is 8.05. The van der Waals surface area contributed by atoms with Crippen molar-refractivity contribution in [2.24, 2.45) is 0 Å². The van der Waals surface area contributed by atoms with E-state index in [1.54, 1.807) is 88.6 Å². The van der Waals surface area contributed by atoms with Crippen molar-refractivity contribution in [2.45, 2.75) is 64.0 Å². The molecule has 0 aliphatic carbocycles. The molecule has 68 heavy (non-hydrogen) atoms. The van der Waals surface area contributed by atoms with Gasteiger partial charge in [-0.25, -0.2) is 0 Å². The Morgan fingerprint density at radius 1 is 0.588 bits per heavy atom. The van der Waals surface area contributed by atoms with E-state index in [0.717, 1.165) is 17.3 Å². The molecule has 4 heterocycles. The van der Waals surface area contributed by atoms with Gasteiger partial charge >= 0.3 is 20.1 Å². The molecular formula is C62H49IrN4O. The SMILES string of the molecule is [2H]c1cc2c(oc3c(-c4ccc(C([2H])([2H])C([2H])([2H])c5cc(C([2H])([2H])C(C)(C)c6ccc(-c7[c-]cccc7)nc6)cc(C([2H])([2H])C(C)(C)c6ccc(-c7[c-]cccc7)nc6)c5)cn4)[c-]ccc32)c(-c2c([2H])c([2H])c([2H])c([2H])c2[2H])c1C#N.[Ir+3]. The Morgan fingerprint density at radius 3 is 1.71 bits per heavy atom. The van der Waals surface area contributed by atoms with Crippen LogP contribution in [-0.2, 0) is 56.4 Å². The molecule has 0 bridgehead atoms. The zero-order chi connectivity index (χ0) is 58.4. The van der Waals surface area contributed by atoms with Gasteiger partial charge in [-0.1, -0.05) is 130 Å². The molecule has 0 fully saturated rings. The molecule has 0 atom stereocenters. The van der Waals surface area contributed by atoms with E-state index in [2.05, 4.69) is 33.2 Å². The number of nitriles is 1. The number of nitrogens with zero attached hydrogens (tertiary/aromatic N) is 4. The average molecular weight is 1070 g/mol. The zero-order valence-electron chi connectivity index (χ0n) is 51.3. The van der Waals surface area contributed by atoms with Gasteiger partial charge in [0.1, 0.15) is 5.58 Å². The Bertz CT molecular complexity index is 3980. The van der Waals surface area contributed by atoms with Crippen molar-refractivity contribution in [2.75, 3.05) is 0 Å². The van der Waals surface area contributed by atoms with E-state index in [-0.39, 0.29) is 87.5 Å². The number of hydrogen-bond donors (Lipinski definition) is 0. The van der Waals surface area contributed by atoms with Gasteiger partial charge in [-0.05, 0) is 98.4 Å². The van der Waals surface area contributed by atoms with E-state index in [1.165, 1.54) is 36.4 Å². The van der Waals surface area contributed by atoms with Gasteiger partial charge in [0.05, 0.1) is 25.4 Å². The summed E-state index contributed by atoms with van der Waals surface area (Å²) in [7, 11) is 0. The van der Waals surface area contributed by atoms with E-state index in [0.29, 0.717) is 33.3 Å². The third kappa shape index (κ3) is 9.60. The number of fused-ring (bicyclic) bond motifs is 3. The van der Waals surface area contributed by atoms with Crippen LogP contribution in [0.2, 0.25) is 0 Å². The van der Waals surface area contributed by atoms with Crippen LogP contribution < -0.4 is 0 Å². The molecule has 10 rings (SSSR count). The number of benzene rings is 6. The Balaban J connectivity index is 0.00000810. The molecular weight excluding hydrogens is 1010 g/mol. The van der Waals surface area contributed by atoms with Gasteiger partial charge in [-0.2, -0.15) is 5.26 Å². The molecule has 0 radical (unpaired) electrons. The van der Waals surface area contributed by atoms with E-state index < -0.39 is 66.5 Å². The fraction of sp³-hybridized carbons (Fsp3) is 0.161. The smallest absolute Gasteiger partial charge is 0.500 e. The van der Waals surface area contributed by atoms with Gasteiger partial charge in [0.25, 0.3) is 0 Å². The second-order valence-corrected chi connectivity index (χ2v) is 17.0. The molecule has 0 saturated heterocycles. The molecule has 4 aromatic heterocycles. The number of rotatable bonds is 13. The van der Waals surface area contributed by atoms with Gasteiger partial charge < -0.3 is 19.4 Å². The van der Waals surface area contributed by atoms with E-state index in [4.69, 9.17) is 12.6 Å². The summed E-state index contributed by atoms with van der Waals surface area (Å²) in [6.07, 6.45) is -6.36. The molecule has 6 heteroatoms. The molecule has 0 unspecified atom stereocenters. The predicted octanol–water partition coefficient (Wildman–Crippen LogP) is 14.5. The molecule has 6 aromatic carbocycles. The van der Waals surface area contributed by atoms with E-state index >= 15 is 0 Å². The first-order valence-electron chi connectivity index (χ1n) is 28.6. The summed E-state index contributed by atoms with van der Waals surface area (Å²) in [5.41, 5.74) is -0.123. The largest absolute Gasteiger partial charge is 3.00 e. The number of aryl methyl sites for hydroxylation is 2. The Hall–Kier alpha value is -7.29. The normalized spacial score (nSPS) is 15.5. The van der Waals surface area contributed by atoms with Crippen LogP contribution in [0.4, 0.5) is 0 Å². The first kappa shape index (κ1) is 31.6. The van der Waals surface area contributed by atoms with Crippen LogP contribution in [0.15, 0.2) is 181 Å². The molecule has 0 saturated carbocycles. The summed E-state index contributed by atoms with van der Waals surface area (Å²) in [5.74, 6) is 0. The molecule has 0 aliphatic heterocycles. The van der Waals surface area contributed by atoms with E-state index in [1.807, 2.05) is 42.5 Å². The fourth-order valence-electron chi connectivity index (χ4n) is 8.05. The maximum absolute atomic E-state index is 10.3. The summed E-state index contributed by atoms with van der Waals surface area (Å²) in [4.78, 5) is 13.9. The summed E-state index contributed by atoms with van der Waals surface area (Å²) >= 11 is 0. The summed E-state index contributed by atoms with van der Waals surface area (Å²) in [5, 5.41) is 11.0. The second kappa shape index (κ2) is 19.5. The van der Waals surface area contributed by atoms with Gasteiger partial charge in [0.2, 0.25) is 0 Å². The zero-order valence-corrected chi connectivity index (χ0v) is 39.7. The average Bonchev–Trinajstić information content (AvgIpc) is 3.79. The number of pyridine rings is 3. The molecule has 0 aliphatic rings. The minimum atomic E-state index is -3.00. The summed E-state index contributed by atoms with van der Waals surface area (Å²) < 4.78 is 136. The van der Waals surface area contributed by atoms with Crippen LogP contribution in [0.1, 0.15) is 85.8 Å². The topological polar surface area (TPSA) is 75.6 Å². The third-order valence-electron chi connectivity index (χ3n) is 11.5. The first-order valence-corrected chi connectivity index (χ1v) is 21.6. The monoisotopic (exact) mass is 1070 g/mol. The molecule has 0 N–H and O–H groups in total. The van der Waals surface area contributed by atoms with Gasteiger partial charge in [-0.3, -0.25) is 0 Å². The summed E-state index contributed by atoms with van der Waals surface area (Å²) in [6.45, 7) is 6.73. The number of hydrogen-bond acceptors (Lipinski definition) is 5. The standard InChI is InChI=1S/C62H49N4O.Ir/c1-61(2,50-27-31-55(65-40-50)46-15-8-5-9-16-46)36-44-33-43(34-45(35-44)37-62(3,4)51-28-32-56(66-41-51)47-17-10-6-11-18-47)24-23-42-25-30-57(64-39-42)54-22-14-21-52-53-29-26-49(38-63)58(60(53)67-59(52)54)48-19-12-7-13-20-48;/h5-15,17,19-21,25-35,39-41H,23-24,36-37H2,1-4H3;/q-3;+3/i7D,12D,13D,19D,20D,23D2,24D2,26D,36D2,37D2;. The first-order chi connectivity index (χ1) is 38.2. The number of furan rings is 1. The Morgan fingerprint density at radius 2 is 1.16 bits per heavy atom. The summed E-state index contributed by atoms with van der Waals surface area (Å²) in [6, 6.07) is 40.9. The molecule has 5 nitrogen and oxygen atoms in total.